The lowest BCUT2D eigenvalue weighted by molar-refractivity contribution is 0.601. The highest BCUT2D eigenvalue weighted by atomic mass is 16.1. The number of hydrogen-bond acceptors (Lipinski definition) is 6. The van der Waals surface area contributed by atoms with Crippen molar-refractivity contribution in [3.8, 4) is 11.8 Å². The molecule has 5 heterocycles. The van der Waals surface area contributed by atoms with Gasteiger partial charge < -0.3 is 9.88 Å². The Bertz CT molecular complexity index is 1690. The number of hydrogen-bond donors (Lipinski definition) is 1. The van der Waals surface area contributed by atoms with Crippen LogP contribution in [0.5, 0.6) is 0 Å². The molecular weight excluding hydrogens is 440 g/mol. The number of nitriles is 1. The molecule has 35 heavy (non-hydrogen) atoms. The topological polar surface area (TPSA) is 108 Å². The third kappa shape index (κ3) is 2.99. The summed E-state index contributed by atoms with van der Waals surface area (Å²) in [4.78, 5) is 28.2. The lowest BCUT2D eigenvalue weighted by Crippen LogP contribution is -2.33. The summed E-state index contributed by atoms with van der Waals surface area (Å²) < 4.78 is 3.53. The lowest BCUT2D eigenvalue weighted by atomic mass is 10.1. The van der Waals surface area contributed by atoms with Gasteiger partial charge in [0.05, 0.1) is 22.7 Å². The van der Waals surface area contributed by atoms with Crippen molar-refractivity contribution in [3.05, 3.63) is 82.4 Å². The molecular formula is C26H22N8O. The number of rotatable bonds is 4. The minimum absolute atomic E-state index is 0.0489. The quantitative estimate of drug-likeness (QED) is 0.435. The average molecular weight is 463 g/mol. The van der Waals surface area contributed by atoms with Crippen molar-refractivity contribution < 1.29 is 0 Å². The summed E-state index contributed by atoms with van der Waals surface area (Å²) in [6.45, 7) is 0.745. The molecule has 172 valence electrons. The Balaban J connectivity index is 1.47. The molecule has 1 aliphatic heterocycles. The van der Waals surface area contributed by atoms with Crippen LogP contribution in [0.1, 0.15) is 54.6 Å². The maximum Gasteiger partial charge on any atom is 0.282 e. The average Bonchev–Trinajstić information content (AvgIpc) is 3.29. The van der Waals surface area contributed by atoms with Crippen LogP contribution < -0.4 is 10.5 Å². The van der Waals surface area contributed by atoms with Gasteiger partial charge in [-0.25, -0.2) is 14.5 Å². The maximum absolute atomic E-state index is 14.0. The highest BCUT2D eigenvalue weighted by Gasteiger charge is 2.35. The number of nitrogens with zero attached hydrogens (tertiary/aromatic N) is 7. The standard InChI is InChI=1S/C26H22N8O/c27-13-17-14-28-23-21(17)25(30-15-29-23)32-11-4-7-20(32)24-31-33-12-10-19(16-8-9-16)22(33)26(35)34(24)18-5-2-1-3-6-18/h1-3,5-6,10,12,14-16,20H,4,7-9,11H2,(H,28,29,30)/t20-/m0/s1. The third-order valence-electron chi connectivity index (χ3n) is 7.17. The number of aromatic amines is 1. The number of benzene rings is 1. The molecule has 1 atom stereocenters. The summed E-state index contributed by atoms with van der Waals surface area (Å²) in [7, 11) is 0. The highest BCUT2D eigenvalue weighted by molar-refractivity contribution is 5.93. The number of H-pyrrole nitrogens is 1. The lowest BCUT2D eigenvalue weighted by Gasteiger charge is -2.27. The Morgan fingerprint density at radius 1 is 1.09 bits per heavy atom. The van der Waals surface area contributed by atoms with Gasteiger partial charge in [-0.1, -0.05) is 18.2 Å². The first kappa shape index (κ1) is 20.0. The first-order valence-corrected chi connectivity index (χ1v) is 11.9. The minimum atomic E-state index is -0.182. The van der Waals surface area contributed by atoms with E-state index in [1.807, 2.05) is 42.6 Å². The van der Waals surface area contributed by atoms with Gasteiger partial charge in [-0.3, -0.25) is 9.36 Å². The number of para-hydroxylation sites is 1. The first-order chi connectivity index (χ1) is 17.2. The molecule has 2 fully saturated rings. The van der Waals surface area contributed by atoms with E-state index in [4.69, 9.17) is 5.10 Å². The van der Waals surface area contributed by atoms with E-state index in [0.29, 0.717) is 39.7 Å². The molecule has 0 unspecified atom stereocenters. The Morgan fingerprint density at radius 3 is 2.74 bits per heavy atom. The van der Waals surface area contributed by atoms with Crippen molar-refractivity contribution in [1.82, 2.24) is 29.1 Å². The van der Waals surface area contributed by atoms with E-state index in [-0.39, 0.29) is 11.6 Å². The van der Waals surface area contributed by atoms with E-state index in [2.05, 4.69) is 25.9 Å². The van der Waals surface area contributed by atoms with Gasteiger partial charge in [0.1, 0.15) is 29.4 Å². The van der Waals surface area contributed by atoms with Gasteiger partial charge in [0.15, 0.2) is 5.82 Å². The summed E-state index contributed by atoms with van der Waals surface area (Å²) in [5.74, 6) is 1.81. The minimum Gasteiger partial charge on any atom is -0.346 e. The van der Waals surface area contributed by atoms with Gasteiger partial charge in [-0.2, -0.15) is 10.4 Å². The fourth-order valence-electron chi connectivity index (χ4n) is 5.41. The summed E-state index contributed by atoms with van der Waals surface area (Å²) in [5.41, 5.74) is 3.62. The molecule has 1 N–H and O–H groups in total. The highest BCUT2D eigenvalue weighted by Crippen LogP contribution is 2.42. The molecule has 5 aromatic rings. The zero-order chi connectivity index (χ0) is 23.5. The van der Waals surface area contributed by atoms with Crippen LogP contribution in [0.2, 0.25) is 0 Å². The fraction of sp³-hybridized carbons (Fsp3) is 0.269. The first-order valence-electron chi connectivity index (χ1n) is 11.9. The van der Waals surface area contributed by atoms with Crippen molar-refractivity contribution in [2.24, 2.45) is 0 Å². The van der Waals surface area contributed by atoms with Crippen molar-refractivity contribution in [2.75, 3.05) is 11.4 Å². The molecule has 2 aliphatic rings. The van der Waals surface area contributed by atoms with Crippen LogP contribution in [0.4, 0.5) is 5.82 Å². The molecule has 0 radical (unpaired) electrons. The zero-order valence-electron chi connectivity index (χ0n) is 18.9. The van der Waals surface area contributed by atoms with Gasteiger partial charge >= 0.3 is 0 Å². The number of nitrogens with one attached hydrogen (secondary N) is 1. The molecule has 1 saturated carbocycles. The molecule has 4 aromatic heterocycles. The van der Waals surface area contributed by atoms with E-state index in [1.165, 1.54) is 6.33 Å². The largest absolute Gasteiger partial charge is 0.346 e. The summed E-state index contributed by atoms with van der Waals surface area (Å²) in [5, 5.41) is 15.4. The van der Waals surface area contributed by atoms with Crippen molar-refractivity contribution >= 4 is 22.4 Å². The number of anilines is 1. The molecule has 0 bridgehead atoms. The van der Waals surface area contributed by atoms with Crippen LogP contribution in [-0.2, 0) is 0 Å². The molecule has 7 rings (SSSR count). The van der Waals surface area contributed by atoms with E-state index < -0.39 is 0 Å². The predicted octanol–water partition coefficient (Wildman–Crippen LogP) is 3.85. The second-order valence-electron chi connectivity index (χ2n) is 9.26. The molecule has 1 saturated heterocycles. The third-order valence-corrected chi connectivity index (χ3v) is 7.17. The fourth-order valence-corrected chi connectivity index (χ4v) is 5.41. The molecule has 9 heteroatoms. The summed E-state index contributed by atoms with van der Waals surface area (Å²) in [6.07, 6.45) is 9.06. The molecule has 1 aliphatic carbocycles. The van der Waals surface area contributed by atoms with Gasteiger partial charge in [0.25, 0.3) is 5.56 Å². The second-order valence-corrected chi connectivity index (χ2v) is 9.26. The summed E-state index contributed by atoms with van der Waals surface area (Å²) >= 11 is 0. The van der Waals surface area contributed by atoms with E-state index in [9.17, 15) is 10.1 Å². The van der Waals surface area contributed by atoms with Crippen molar-refractivity contribution in [2.45, 2.75) is 37.6 Å². The van der Waals surface area contributed by atoms with E-state index in [1.54, 1.807) is 15.3 Å². The Kier molecular flexibility index (Phi) is 4.30. The van der Waals surface area contributed by atoms with Crippen molar-refractivity contribution in [1.29, 1.82) is 5.26 Å². The van der Waals surface area contributed by atoms with E-state index in [0.717, 1.165) is 43.5 Å². The van der Waals surface area contributed by atoms with Gasteiger partial charge in [0, 0.05) is 18.9 Å². The normalized spacial score (nSPS) is 17.9. The second kappa shape index (κ2) is 7.53. The molecule has 0 spiro atoms. The van der Waals surface area contributed by atoms with Crippen LogP contribution in [0.25, 0.3) is 22.2 Å². The molecule has 0 amide bonds. The zero-order valence-corrected chi connectivity index (χ0v) is 18.9. The molecule has 1 aromatic carbocycles. The van der Waals surface area contributed by atoms with Crippen LogP contribution in [-0.4, -0.2) is 35.7 Å². The Morgan fingerprint density at radius 2 is 1.94 bits per heavy atom. The monoisotopic (exact) mass is 462 g/mol. The number of aromatic nitrogens is 6. The maximum atomic E-state index is 14.0. The predicted molar refractivity (Wildman–Crippen MR) is 131 cm³/mol. The molecule has 9 nitrogen and oxygen atoms in total. The number of fused-ring (bicyclic) bond motifs is 2. The Labute approximate surface area is 200 Å². The van der Waals surface area contributed by atoms with Crippen molar-refractivity contribution in [3.63, 3.8) is 0 Å². The smallest absolute Gasteiger partial charge is 0.282 e. The van der Waals surface area contributed by atoms with Gasteiger partial charge in [-0.15, -0.1) is 0 Å². The van der Waals surface area contributed by atoms with Crippen LogP contribution in [0.15, 0.2) is 59.9 Å². The van der Waals surface area contributed by atoms with Crippen LogP contribution in [0.3, 0.4) is 0 Å². The Hall–Kier alpha value is -4.45. The summed E-state index contributed by atoms with van der Waals surface area (Å²) in [6, 6.07) is 13.8. The van der Waals surface area contributed by atoms with Crippen LogP contribution >= 0.6 is 0 Å². The van der Waals surface area contributed by atoms with E-state index >= 15 is 0 Å². The van der Waals surface area contributed by atoms with Crippen LogP contribution in [0, 0.1) is 11.3 Å². The SMILES string of the molecule is N#Cc1c[nH]c2ncnc(N3CCC[C@H]3c3nn4ccc(C5CC5)c4c(=O)n3-c3ccccc3)c12. The van der Waals surface area contributed by atoms with Gasteiger partial charge in [-0.05, 0) is 55.4 Å². The van der Waals surface area contributed by atoms with Gasteiger partial charge in [0.2, 0.25) is 0 Å².